The van der Waals surface area contributed by atoms with Crippen molar-refractivity contribution in [2.75, 3.05) is 0 Å². The van der Waals surface area contributed by atoms with Gasteiger partial charge < -0.3 is 0 Å². The quantitative estimate of drug-likeness (QED) is 0.202. The highest BCUT2D eigenvalue weighted by Gasteiger charge is 2.34. The van der Waals surface area contributed by atoms with Crippen LogP contribution in [0.1, 0.15) is 34.1 Å². The minimum atomic E-state index is -0.654. The molecule has 7 heteroatoms. The van der Waals surface area contributed by atoms with Gasteiger partial charge in [-0.25, -0.2) is 0 Å². The van der Waals surface area contributed by atoms with Crippen LogP contribution in [0.5, 0.6) is 0 Å². The molecule has 34 heavy (non-hydrogen) atoms. The molecule has 0 aliphatic rings. The van der Waals surface area contributed by atoms with E-state index in [0.717, 1.165) is 20.1 Å². The summed E-state index contributed by atoms with van der Waals surface area (Å²) in [5, 5.41) is 1.85. The molecule has 0 saturated carbocycles. The van der Waals surface area contributed by atoms with Crippen LogP contribution < -0.4 is 0 Å². The van der Waals surface area contributed by atoms with Gasteiger partial charge in [0.25, 0.3) is 0 Å². The molecule has 0 N–H and O–H groups in total. The van der Waals surface area contributed by atoms with Crippen molar-refractivity contribution in [3.8, 4) is 0 Å². The fourth-order valence-corrected chi connectivity index (χ4v) is 5.51. The zero-order valence-corrected chi connectivity index (χ0v) is 23.6. The van der Waals surface area contributed by atoms with Gasteiger partial charge >= 0.3 is 0 Å². The van der Waals surface area contributed by atoms with Crippen molar-refractivity contribution in [2.45, 2.75) is 11.8 Å². The summed E-state index contributed by atoms with van der Waals surface area (Å²) in [6, 6.07) is 25.7. The normalized spacial score (nSPS) is 12.9. The zero-order valence-electron chi connectivity index (χ0n) is 17.4. The molecule has 0 bridgehead atoms. The Bertz CT molecular complexity index is 1240. The molecule has 0 unspecified atom stereocenters. The summed E-state index contributed by atoms with van der Waals surface area (Å²) in [6.45, 7) is 0. The van der Waals surface area contributed by atoms with Gasteiger partial charge in [0.2, 0.25) is 0 Å². The van der Waals surface area contributed by atoms with Gasteiger partial charge in [-0.2, -0.15) is 0 Å². The highest BCUT2D eigenvalue weighted by Crippen LogP contribution is 2.41. The molecule has 0 heterocycles. The van der Waals surface area contributed by atoms with Crippen molar-refractivity contribution in [1.29, 1.82) is 0 Å². The molecule has 4 aromatic carbocycles. The first-order valence-corrected chi connectivity index (χ1v) is 13.3. The third-order valence-corrected chi connectivity index (χ3v) is 7.70. The first-order chi connectivity index (χ1) is 16.2. The molecule has 0 spiro atoms. The molecule has 0 aliphatic carbocycles. The Morgan fingerprint density at radius 3 is 1.24 bits per heavy atom. The van der Waals surface area contributed by atoms with Gasteiger partial charge in [0.05, 0.1) is 11.8 Å². The van der Waals surface area contributed by atoms with Crippen LogP contribution in [-0.2, 0) is 4.79 Å². The van der Waals surface area contributed by atoms with Crippen LogP contribution in [0.2, 0.25) is 20.1 Å². The average Bonchev–Trinajstić information content (AvgIpc) is 2.79. The van der Waals surface area contributed by atoms with Gasteiger partial charge in [0.15, 0.2) is 5.78 Å². The zero-order chi connectivity index (χ0) is 24.4. The van der Waals surface area contributed by atoms with Crippen molar-refractivity contribution >= 4 is 84.0 Å². The predicted octanol–water partition coefficient (Wildman–Crippen LogP) is 10.4. The van der Waals surface area contributed by atoms with Gasteiger partial charge in [-0.15, -0.1) is 0 Å². The number of carbonyl (C=O) groups excluding carboxylic acids is 1. The van der Waals surface area contributed by atoms with Crippen molar-refractivity contribution in [1.82, 2.24) is 0 Å². The van der Waals surface area contributed by atoms with E-state index < -0.39 is 11.8 Å². The first kappa shape index (κ1) is 25.8. The number of Topliss-reactive ketones (excluding diaryl/α,β-unsaturated/α-hetero) is 1. The molecule has 0 saturated heterocycles. The average molecular weight is 658 g/mol. The van der Waals surface area contributed by atoms with Crippen molar-refractivity contribution in [3.05, 3.63) is 136 Å². The second-order valence-electron chi connectivity index (χ2n) is 7.70. The maximum absolute atomic E-state index is 14.5. The Morgan fingerprint density at radius 1 is 0.559 bits per heavy atom. The predicted molar refractivity (Wildman–Crippen MR) is 150 cm³/mol. The van der Waals surface area contributed by atoms with Crippen LogP contribution in [0.3, 0.4) is 0 Å². The number of benzene rings is 4. The van der Waals surface area contributed by atoms with Crippen LogP contribution in [0, 0.1) is 0 Å². The summed E-state index contributed by atoms with van der Waals surface area (Å²) in [5.41, 5.74) is 2.96. The number of hydrogen-bond acceptors (Lipinski definition) is 1. The molecule has 0 amide bonds. The number of carbonyl (C=O) groups is 1. The summed E-state index contributed by atoms with van der Waals surface area (Å²) in [6.07, 6.45) is 0. The molecule has 172 valence electrons. The van der Waals surface area contributed by atoms with Gasteiger partial charge in [-0.05, 0) is 70.8 Å². The Morgan fingerprint density at radius 2 is 0.912 bits per heavy atom. The van der Waals surface area contributed by atoms with E-state index in [1.54, 1.807) is 36.4 Å². The second-order valence-corrected chi connectivity index (χ2v) is 11.2. The van der Waals surface area contributed by atoms with Crippen LogP contribution >= 0.6 is 78.3 Å². The molecule has 0 aromatic heterocycles. The monoisotopic (exact) mass is 654 g/mol. The van der Waals surface area contributed by atoms with Gasteiger partial charge in [0.1, 0.15) is 0 Å². The van der Waals surface area contributed by atoms with E-state index in [1.807, 2.05) is 48.5 Å². The lowest BCUT2D eigenvalue weighted by Gasteiger charge is -2.26. The molecule has 4 aromatic rings. The standard InChI is InChI=1S/C27H16Br2Cl4O/c28-17-5-1-15(2-6-17)25(21-11-9-19(30)13-23(21)32)27(34)26(16-3-7-18(29)8-4-16)22-12-10-20(31)14-24(22)33/h1-14,25-26H/t25-,26-/m1/s1. The fourth-order valence-electron chi connectivity index (χ4n) is 3.94. The summed E-state index contributed by atoms with van der Waals surface area (Å²) in [5.74, 6) is -1.38. The summed E-state index contributed by atoms with van der Waals surface area (Å²) < 4.78 is 1.82. The lowest BCUT2D eigenvalue weighted by atomic mass is 9.77. The summed E-state index contributed by atoms with van der Waals surface area (Å²) in [4.78, 5) is 14.5. The minimum absolute atomic E-state index is 0.0712. The van der Waals surface area contributed by atoms with Crippen LogP contribution in [0.15, 0.2) is 93.9 Å². The molecule has 1 nitrogen and oxygen atoms in total. The second kappa shape index (κ2) is 11.2. The molecule has 4 rings (SSSR count). The van der Waals surface area contributed by atoms with Gasteiger partial charge in [-0.1, -0.05) is 115 Å². The number of ketones is 1. The lowest BCUT2D eigenvalue weighted by Crippen LogP contribution is -2.23. The van der Waals surface area contributed by atoms with E-state index in [0.29, 0.717) is 31.2 Å². The molecule has 0 radical (unpaired) electrons. The summed E-state index contributed by atoms with van der Waals surface area (Å²) >= 11 is 32.5. The molecular weight excluding hydrogens is 642 g/mol. The van der Waals surface area contributed by atoms with Crippen molar-refractivity contribution < 1.29 is 4.79 Å². The molecule has 0 fully saturated rings. The van der Waals surface area contributed by atoms with Crippen molar-refractivity contribution in [2.24, 2.45) is 0 Å². The minimum Gasteiger partial charge on any atom is -0.298 e. The topological polar surface area (TPSA) is 17.1 Å². The van der Waals surface area contributed by atoms with Crippen LogP contribution in [0.4, 0.5) is 0 Å². The van der Waals surface area contributed by atoms with E-state index in [9.17, 15) is 4.79 Å². The third kappa shape index (κ3) is 5.73. The Hall–Kier alpha value is -1.33. The van der Waals surface area contributed by atoms with Crippen molar-refractivity contribution in [3.63, 3.8) is 0 Å². The Labute approximate surface area is 235 Å². The fraction of sp³-hybridized carbons (Fsp3) is 0.0741. The van der Waals surface area contributed by atoms with Crippen LogP contribution in [-0.4, -0.2) is 5.78 Å². The molecule has 2 atom stereocenters. The maximum atomic E-state index is 14.5. The van der Waals surface area contributed by atoms with E-state index in [4.69, 9.17) is 46.4 Å². The highest BCUT2D eigenvalue weighted by atomic mass is 79.9. The Balaban J connectivity index is 1.94. The molecule has 0 aliphatic heterocycles. The van der Waals surface area contributed by atoms with E-state index in [1.165, 1.54) is 0 Å². The van der Waals surface area contributed by atoms with Gasteiger partial charge in [-0.3, -0.25) is 4.79 Å². The third-order valence-electron chi connectivity index (χ3n) is 5.52. The molecular formula is C27H16Br2Cl4O. The number of hydrogen-bond donors (Lipinski definition) is 0. The first-order valence-electron chi connectivity index (χ1n) is 10.2. The van der Waals surface area contributed by atoms with E-state index in [2.05, 4.69) is 31.9 Å². The summed E-state index contributed by atoms with van der Waals surface area (Å²) in [7, 11) is 0. The lowest BCUT2D eigenvalue weighted by molar-refractivity contribution is -0.120. The number of halogens is 6. The largest absolute Gasteiger partial charge is 0.298 e. The van der Waals surface area contributed by atoms with E-state index >= 15 is 0 Å². The van der Waals surface area contributed by atoms with Gasteiger partial charge in [0, 0.05) is 29.0 Å². The maximum Gasteiger partial charge on any atom is 0.156 e. The number of rotatable bonds is 6. The SMILES string of the molecule is O=C([C@H](c1ccc(Br)cc1)c1ccc(Cl)cc1Cl)[C@H](c1ccc(Br)cc1)c1ccc(Cl)cc1Cl. The Kier molecular flexibility index (Phi) is 8.45. The van der Waals surface area contributed by atoms with E-state index in [-0.39, 0.29) is 5.78 Å². The van der Waals surface area contributed by atoms with Crippen LogP contribution in [0.25, 0.3) is 0 Å². The smallest absolute Gasteiger partial charge is 0.156 e. The highest BCUT2D eigenvalue weighted by molar-refractivity contribution is 9.10.